The van der Waals surface area contributed by atoms with Gasteiger partial charge >= 0.3 is 0 Å². The summed E-state index contributed by atoms with van der Waals surface area (Å²) in [6.45, 7) is 6.48. The van der Waals surface area contributed by atoms with Crippen molar-refractivity contribution in [2.24, 2.45) is 0 Å². The van der Waals surface area contributed by atoms with Crippen molar-refractivity contribution < 1.29 is 4.79 Å². The predicted molar refractivity (Wildman–Crippen MR) is 76.5 cm³/mol. The van der Waals surface area contributed by atoms with Crippen LogP contribution in [0.2, 0.25) is 0 Å². The van der Waals surface area contributed by atoms with Crippen LogP contribution in [0.1, 0.15) is 40.7 Å². The number of rotatable bonds is 5. The molecule has 0 saturated heterocycles. The second kappa shape index (κ2) is 5.83. The highest BCUT2D eigenvalue weighted by Crippen LogP contribution is 2.13. The Morgan fingerprint density at radius 3 is 2.84 bits per heavy atom. The van der Waals surface area contributed by atoms with Crippen molar-refractivity contribution in [2.75, 3.05) is 0 Å². The number of ketones is 1. The molecule has 0 bridgehead atoms. The molecule has 0 spiro atoms. The molecule has 0 fully saturated rings. The molecule has 0 amide bonds. The quantitative estimate of drug-likeness (QED) is 0.769. The van der Waals surface area contributed by atoms with Gasteiger partial charge in [0.1, 0.15) is 5.82 Å². The van der Waals surface area contributed by atoms with Crippen LogP contribution in [0.5, 0.6) is 0 Å². The van der Waals surface area contributed by atoms with E-state index in [2.05, 4.69) is 11.9 Å². The first-order valence-electron chi connectivity index (χ1n) is 6.72. The van der Waals surface area contributed by atoms with Gasteiger partial charge in [-0.25, -0.2) is 4.98 Å². The minimum Gasteiger partial charge on any atom is -0.327 e. The molecular formula is C16H20N2O. The lowest BCUT2D eigenvalue weighted by molar-refractivity contribution is 0.0970. The molecule has 2 rings (SSSR count). The summed E-state index contributed by atoms with van der Waals surface area (Å²) in [5.74, 6) is 1.14. The van der Waals surface area contributed by atoms with Crippen LogP contribution in [-0.4, -0.2) is 15.3 Å². The third kappa shape index (κ3) is 3.11. The lowest BCUT2D eigenvalue weighted by atomic mass is 10.0. The Bertz CT molecular complexity index is 584. The molecule has 19 heavy (non-hydrogen) atoms. The molecule has 100 valence electrons. The van der Waals surface area contributed by atoms with Crippen molar-refractivity contribution in [1.82, 2.24) is 9.55 Å². The maximum atomic E-state index is 12.4. The predicted octanol–water partition coefficient (Wildman–Crippen LogP) is 3.34. The molecule has 0 aliphatic carbocycles. The summed E-state index contributed by atoms with van der Waals surface area (Å²) >= 11 is 0. The highest BCUT2D eigenvalue weighted by Gasteiger charge is 2.12. The van der Waals surface area contributed by atoms with E-state index in [1.165, 1.54) is 0 Å². The largest absolute Gasteiger partial charge is 0.327 e. The highest BCUT2D eigenvalue weighted by atomic mass is 16.1. The topological polar surface area (TPSA) is 34.9 Å². The number of aromatic nitrogens is 2. The summed E-state index contributed by atoms with van der Waals surface area (Å²) < 4.78 is 1.95. The van der Waals surface area contributed by atoms with Crippen LogP contribution in [0.15, 0.2) is 30.6 Å². The number of aryl methyl sites for hydroxylation is 3. The van der Waals surface area contributed by atoms with Gasteiger partial charge < -0.3 is 4.57 Å². The number of hydrogen-bond acceptors (Lipinski definition) is 2. The summed E-state index contributed by atoms with van der Waals surface area (Å²) in [7, 11) is 0. The van der Waals surface area contributed by atoms with Crippen LogP contribution in [0, 0.1) is 13.8 Å². The van der Waals surface area contributed by atoms with Crippen molar-refractivity contribution in [1.29, 1.82) is 0 Å². The van der Waals surface area contributed by atoms with E-state index in [-0.39, 0.29) is 5.78 Å². The summed E-state index contributed by atoms with van der Waals surface area (Å²) in [6, 6.07) is 6.00. The average Bonchev–Trinajstić information content (AvgIpc) is 2.80. The molecule has 0 aliphatic rings. The first kappa shape index (κ1) is 13.5. The Morgan fingerprint density at radius 2 is 2.11 bits per heavy atom. The zero-order valence-corrected chi connectivity index (χ0v) is 11.8. The van der Waals surface area contributed by atoms with Crippen molar-refractivity contribution in [3.05, 3.63) is 53.1 Å². The number of Topliss-reactive ketones (excluding diaryl/α,β-unsaturated/α-hetero) is 1. The van der Waals surface area contributed by atoms with Gasteiger partial charge in [-0.3, -0.25) is 4.79 Å². The minimum atomic E-state index is 0.150. The SMILES string of the molecule is CCCc1nccn1CC(=O)c1cc(C)ccc1C. The fraction of sp³-hybridized carbons (Fsp3) is 0.375. The van der Waals surface area contributed by atoms with Crippen LogP contribution in [-0.2, 0) is 13.0 Å². The first-order valence-corrected chi connectivity index (χ1v) is 6.72. The fourth-order valence-electron chi connectivity index (χ4n) is 2.21. The van der Waals surface area contributed by atoms with Crippen molar-refractivity contribution in [2.45, 2.75) is 40.2 Å². The van der Waals surface area contributed by atoms with Gasteiger partial charge in [-0.2, -0.15) is 0 Å². The smallest absolute Gasteiger partial charge is 0.182 e. The molecule has 1 heterocycles. The monoisotopic (exact) mass is 256 g/mol. The van der Waals surface area contributed by atoms with Gasteiger partial charge in [0.2, 0.25) is 0 Å². The van der Waals surface area contributed by atoms with E-state index in [9.17, 15) is 4.79 Å². The molecule has 1 aromatic heterocycles. The molecule has 3 heteroatoms. The van der Waals surface area contributed by atoms with Gasteiger partial charge in [-0.05, 0) is 31.9 Å². The second-order valence-electron chi connectivity index (χ2n) is 4.96. The number of hydrogen-bond donors (Lipinski definition) is 0. The van der Waals surface area contributed by atoms with Gasteiger partial charge in [0, 0.05) is 24.4 Å². The zero-order valence-electron chi connectivity index (χ0n) is 11.8. The molecule has 2 aromatic rings. The zero-order chi connectivity index (χ0) is 13.8. The molecular weight excluding hydrogens is 236 g/mol. The maximum absolute atomic E-state index is 12.4. The van der Waals surface area contributed by atoms with Crippen molar-refractivity contribution in [3.8, 4) is 0 Å². The summed E-state index contributed by atoms with van der Waals surface area (Å²) in [4.78, 5) is 16.7. The molecule has 0 unspecified atom stereocenters. The number of benzene rings is 1. The molecule has 1 aromatic carbocycles. The summed E-state index contributed by atoms with van der Waals surface area (Å²) in [5.41, 5.74) is 2.97. The van der Waals surface area contributed by atoms with Crippen LogP contribution >= 0.6 is 0 Å². The second-order valence-corrected chi connectivity index (χ2v) is 4.96. The van der Waals surface area contributed by atoms with Crippen LogP contribution in [0.25, 0.3) is 0 Å². The molecule has 0 atom stereocenters. The number of carbonyl (C=O) groups is 1. The van der Waals surface area contributed by atoms with E-state index in [4.69, 9.17) is 0 Å². The average molecular weight is 256 g/mol. The third-order valence-electron chi connectivity index (χ3n) is 3.28. The maximum Gasteiger partial charge on any atom is 0.182 e. The number of imidazole rings is 1. The number of carbonyl (C=O) groups excluding carboxylic acids is 1. The van der Waals surface area contributed by atoms with E-state index in [1.807, 2.05) is 42.8 Å². The van der Waals surface area contributed by atoms with Crippen molar-refractivity contribution >= 4 is 5.78 Å². The van der Waals surface area contributed by atoms with Crippen LogP contribution in [0.4, 0.5) is 0 Å². The van der Waals surface area contributed by atoms with Gasteiger partial charge in [-0.1, -0.05) is 24.6 Å². The van der Waals surface area contributed by atoms with E-state index >= 15 is 0 Å². The van der Waals surface area contributed by atoms with E-state index in [1.54, 1.807) is 6.20 Å². The Labute approximate surface area is 114 Å². The van der Waals surface area contributed by atoms with Gasteiger partial charge in [0.15, 0.2) is 5.78 Å². The Balaban J connectivity index is 2.21. The summed E-state index contributed by atoms with van der Waals surface area (Å²) in [5, 5.41) is 0. The van der Waals surface area contributed by atoms with Gasteiger partial charge in [-0.15, -0.1) is 0 Å². The van der Waals surface area contributed by atoms with Gasteiger partial charge in [0.05, 0.1) is 6.54 Å². The van der Waals surface area contributed by atoms with Gasteiger partial charge in [0.25, 0.3) is 0 Å². The lowest BCUT2D eigenvalue weighted by Gasteiger charge is -2.09. The van der Waals surface area contributed by atoms with E-state index < -0.39 is 0 Å². The Kier molecular flexibility index (Phi) is 4.15. The van der Waals surface area contributed by atoms with Crippen LogP contribution < -0.4 is 0 Å². The molecule has 0 saturated carbocycles. The van der Waals surface area contributed by atoms with Crippen LogP contribution in [0.3, 0.4) is 0 Å². The Hall–Kier alpha value is -1.90. The normalized spacial score (nSPS) is 10.7. The van der Waals surface area contributed by atoms with Crippen molar-refractivity contribution in [3.63, 3.8) is 0 Å². The van der Waals surface area contributed by atoms with E-state index in [0.29, 0.717) is 6.54 Å². The van der Waals surface area contributed by atoms with E-state index in [0.717, 1.165) is 35.4 Å². The standard InChI is InChI=1S/C16H20N2O/c1-4-5-16-17-8-9-18(16)11-15(19)14-10-12(2)6-7-13(14)3/h6-10H,4-5,11H2,1-3H3. The minimum absolute atomic E-state index is 0.150. The Morgan fingerprint density at radius 1 is 1.32 bits per heavy atom. The molecule has 0 N–H and O–H groups in total. The summed E-state index contributed by atoms with van der Waals surface area (Å²) in [6.07, 6.45) is 5.59. The third-order valence-corrected chi connectivity index (χ3v) is 3.28. The highest BCUT2D eigenvalue weighted by molar-refractivity contribution is 5.97. The molecule has 0 radical (unpaired) electrons. The lowest BCUT2D eigenvalue weighted by Crippen LogP contribution is -2.13. The number of nitrogens with zero attached hydrogens (tertiary/aromatic N) is 2. The first-order chi connectivity index (χ1) is 9.11. The molecule has 3 nitrogen and oxygen atoms in total. The molecule has 0 aliphatic heterocycles. The fourth-order valence-corrected chi connectivity index (χ4v) is 2.21.